The Labute approximate surface area is 130 Å². The van der Waals surface area contributed by atoms with Crippen molar-refractivity contribution in [3.05, 3.63) is 17.3 Å². The maximum absolute atomic E-state index is 13.3. The molecule has 1 N–H and O–H groups in total. The first kappa shape index (κ1) is 16.7. The summed E-state index contributed by atoms with van der Waals surface area (Å²) < 4.78 is 28.3. The third-order valence-corrected chi connectivity index (χ3v) is 4.17. The Morgan fingerprint density at radius 1 is 1.50 bits per heavy atom. The Balaban J connectivity index is 2.48. The van der Waals surface area contributed by atoms with Crippen molar-refractivity contribution in [2.75, 3.05) is 5.75 Å². The maximum atomic E-state index is 13.3. The SMILES string of the molecule is CCCCn1nc2nc(SCC(=O)O)cc(C(F)F)c2c1C. The van der Waals surface area contributed by atoms with Gasteiger partial charge in [-0.05, 0) is 19.4 Å². The van der Waals surface area contributed by atoms with Gasteiger partial charge in [0.2, 0.25) is 0 Å². The minimum atomic E-state index is -2.66. The van der Waals surface area contributed by atoms with Crippen LogP contribution < -0.4 is 0 Å². The number of nitrogens with zero attached hydrogens (tertiary/aromatic N) is 3. The van der Waals surface area contributed by atoms with E-state index in [4.69, 9.17) is 5.11 Å². The van der Waals surface area contributed by atoms with Crippen molar-refractivity contribution < 1.29 is 18.7 Å². The predicted octanol–water partition coefficient (Wildman–Crippen LogP) is 3.65. The second-order valence-electron chi connectivity index (χ2n) is 4.89. The van der Waals surface area contributed by atoms with Gasteiger partial charge in [0.25, 0.3) is 6.43 Å². The summed E-state index contributed by atoms with van der Waals surface area (Å²) in [5, 5.41) is 13.6. The maximum Gasteiger partial charge on any atom is 0.313 e. The van der Waals surface area contributed by atoms with Crippen LogP contribution >= 0.6 is 11.8 Å². The van der Waals surface area contributed by atoms with Crippen LogP contribution in [0.15, 0.2) is 11.1 Å². The number of carbonyl (C=O) groups is 1. The number of hydrogen-bond donors (Lipinski definition) is 1. The number of rotatable bonds is 7. The molecule has 0 radical (unpaired) electrons. The first-order valence-corrected chi connectivity index (χ1v) is 7.93. The minimum Gasteiger partial charge on any atom is -0.481 e. The summed E-state index contributed by atoms with van der Waals surface area (Å²) in [6.07, 6.45) is -0.776. The summed E-state index contributed by atoms with van der Waals surface area (Å²) in [5.41, 5.74) is 0.776. The van der Waals surface area contributed by atoms with E-state index in [2.05, 4.69) is 10.1 Å². The molecule has 0 fully saturated rings. The Kier molecular flexibility index (Phi) is 5.33. The number of alkyl halides is 2. The van der Waals surface area contributed by atoms with Crippen LogP contribution in [0.3, 0.4) is 0 Å². The largest absolute Gasteiger partial charge is 0.481 e. The molecule has 5 nitrogen and oxygen atoms in total. The highest BCUT2D eigenvalue weighted by Gasteiger charge is 2.20. The fourth-order valence-electron chi connectivity index (χ4n) is 2.20. The fraction of sp³-hybridized carbons (Fsp3) is 0.500. The van der Waals surface area contributed by atoms with Gasteiger partial charge in [0.05, 0.1) is 16.2 Å². The topological polar surface area (TPSA) is 68.0 Å². The summed E-state index contributed by atoms with van der Waals surface area (Å²) in [4.78, 5) is 14.8. The second-order valence-corrected chi connectivity index (χ2v) is 5.89. The molecule has 0 aliphatic carbocycles. The summed E-state index contributed by atoms with van der Waals surface area (Å²) in [6, 6.07) is 1.26. The van der Waals surface area contributed by atoms with E-state index >= 15 is 0 Å². The number of unbranched alkanes of at least 4 members (excludes halogenated alkanes) is 1. The van der Waals surface area contributed by atoms with Gasteiger partial charge in [0, 0.05) is 17.8 Å². The third-order valence-electron chi connectivity index (χ3n) is 3.27. The monoisotopic (exact) mass is 329 g/mol. The zero-order chi connectivity index (χ0) is 16.3. The molecule has 0 saturated carbocycles. The fourth-order valence-corrected chi connectivity index (χ4v) is 2.83. The lowest BCUT2D eigenvalue weighted by Gasteiger charge is -2.06. The smallest absolute Gasteiger partial charge is 0.313 e. The molecular weight excluding hydrogens is 312 g/mol. The number of fused-ring (bicyclic) bond motifs is 1. The summed E-state index contributed by atoms with van der Waals surface area (Å²) in [7, 11) is 0. The molecule has 0 unspecified atom stereocenters. The summed E-state index contributed by atoms with van der Waals surface area (Å²) in [6.45, 7) is 4.45. The van der Waals surface area contributed by atoms with Crippen molar-refractivity contribution in [2.24, 2.45) is 0 Å². The molecule has 0 aliphatic heterocycles. The highest BCUT2D eigenvalue weighted by molar-refractivity contribution is 7.99. The van der Waals surface area contributed by atoms with Crippen molar-refractivity contribution in [3.8, 4) is 0 Å². The van der Waals surface area contributed by atoms with E-state index in [9.17, 15) is 13.6 Å². The molecule has 2 rings (SSSR count). The van der Waals surface area contributed by atoms with Gasteiger partial charge >= 0.3 is 5.97 Å². The highest BCUT2D eigenvalue weighted by atomic mass is 32.2. The first-order chi connectivity index (χ1) is 10.4. The standard InChI is InChI=1S/C14H17F2N3O2S/c1-3-4-5-19-8(2)12-9(13(15)16)6-10(17-14(12)18-19)22-7-11(20)21/h6,13H,3-5,7H2,1-2H3,(H,20,21). The number of aliphatic carboxylic acids is 1. The molecule has 0 aromatic carbocycles. The van der Waals surface area contributed by atoms with Crippen molar-refractivity contribution in [1.29, 1.82) is 0 Å². The van der Waals surface area contributed by atoms with E-state index in [1.807, 2.05) is 6.92 Å². The van der Waals surface area contributed by atoms with Crippen LogP contribution in [0.1, 0.15) is 37.4 Å². The van der Waals surface area contributed by atoms with Crippen molar-refractivity contribution >= 4 is 28.8 Å². The average Bonchev–Trinajstić information content (AvgIpc) is 2.78. The van der Waals surface area contributed by atoms with E-state index in [-0.39, 0.29) is 22.0 Å². The number of carboxylic acids is 1. The van der Waals surface area contributed by atoms with Crippen molar-refractivity contribution in [1.82, 2.24) is 14.8 Å². The molecule has 22 heavy (non-hydrogen) atoms. The number of aromatic nitrogens is 3. The summed E-state index contributed by atoms with van der Waals surface area (Å²) >= 11 is 0.915. The molecule has 8 heteroatoms. The predicted molar refractivity (Wildman–Crippen MR) is 80.5 cm³/mol. The minimum absolute atomic E-state index is 0.141. The molecular formula is C14H17F2N3O2S. The van der Waals surface area contributed by atoms with Crippen LogP contribution in [0.5, 0.6) is 0 Å². The lowest BCUT2D eigenvalue weighted by Crippen LogP contribution is -2.01. The van der Waals surface area contributed by atoms with Crippen LogP contribution in [-0.4, -0.2) is 31.6 Å². The van der Waals surface area contributed by atoms with Crippen molar-refractivity contribution in [2.45, 2.75) is 44.7 Å². The molecule has 0 saturated heterocycles. The van der Waals surface area contributed by atoms with Gasteiger partial charge in [-0.3, -0.25) is 9.48 Å². The van der Waals surface area contributed by atoms with Gasteiger partial charge in [0.1, 0.15) is 0 Å². The highest BCUT2D eigenvalue weighted by Crippen LogP contribution is 2.32. The second kappa shape index (κ2) is 7.04. The van der Waals surface area contributed by atoms with Gasteiger partial charge < -0.3 is 5.11 Å². The lowest BCUT2D eigenvalue weighted by molar-refractivity contribution is -0.133. The van der Waals surface area contributed by atoms with E-state index in [1.54, 1.807) is 11.6 Å². The Bertz CT molecular complexity index is 688. The van der Waals surface area contributed by atoms with Crippen LogP contribution in [0.4, 0.5) is 8.78 Å². The number of hydrogen-bond acceptors (Lipinski definition) is 4. The Morgan fingerprint density at radius 3 is 2.82 bits per heavy atom. The molecule has 0 aliphatic rings. The number of pyridine rings is 1. The van der Waals surface area contributed by atoms with Crippen LogP contribution in [0.2, 0.25) is 0 Å². The van der Waals surface area contributed by atoms with Gasteiger partial charge in [0.15, 0.2) is 5.65 Å². The van der Waals surface area contributed by atoms with Crippen molar-refractivity contribution in [3.63, 3.8) is 0 Å². The molecule has 0 amide bonds. The van der Waals surface area contributed by atoms with E-state index in [0.29, 0.717) is 17.6 Å². The number of aryl methyl sites for hydroxylation is 2. The van der Waals surface area contributed by atoms with Crippen LogP contribution in [-0.2, 0) is 11.3 Å². The molecule has 0 spiro atoms. The quantitative estimate of drug-likeness (QED) is 0.785. The molecule has 2 aromatic rings. The first-order valence-electron chi connectivity index (χ1n) is 6.94. The third kappa shape index (κ3) is 3.55. The molecule has 2 heterocycles. The lowest BCUT2D eigenvalue weighted by atomic mass is 10.1. The number of thioether (sulfide) groups is 1. The van der Waals surface area contributed by atoms with E-state index < -0.39 is 12.4 Å². The molecule has 0 bridgehead atoms. The van der Waals surface area contributed by atoms with Crippen LogP contribution in [0.25, 0.3) is 11.0 Å². The zero-order valence-corrected chi connectivity index (χ0v) is 13.2. The molecule has 0 atom stereocenters. The number of halogens is 2. The van der Waals surface area contributed by atoms with E-state index in [0.717, 1.165) is 24.6 Å². The Hall–Kier alpha value is -1.70. The van der Waals surface area contributed by atoms with Gasteiger partial charge in [-0.1, -0.05) is 25.1 Å². The van der Waals surface area contributed by atoms with Crippen LogP contribution in [0, 0.1) is 6.92 Å². The van der Waals surface area contributed by atoms with Gasteiger partial charge in [-0.15, -0.1) is 0 Å². The zero-order valence-electron chi connectivity index (χ0n) is 12.3. The molecule has 2 aromatic heterocycles. The Morgan fingerprint density at radius 2 is 2.23 bits per heavy atom. The van der Waals surface area contributed by atoms with Gasteiger partial charge in [-0.25, -0.2) is 13.8 Å². The molecule has 120 valence electrons. The average molecular weight is 329 g/mol. The van der Waals surface area contributed by atoms with Gasteiger partial charge in [-0.2, -0.15) is 5.10 Å². The summed E-state index contributed by atoms with van der Waals surface area (Å²) in [5.74, 6) is -1.24. The van der Waals surface area contributed by atoms with E-state index in [1.165, 1.54) is 6.07 Å². The number of carboxylic acid groups (broad SMARTS) is 1. The normalized spacial score (nSPS) is 11.5.